The number of ether oxygens (including phenoxy) is 1. The van der Waals surface area contributed by atoms with Crippen molar-refractivity contribution in [3.63, 3.8) is 0 Å². The van der Waals surface area contributed by atoms with Gasteiger partial charge in [-0.2, -0.15) is 4.31 Å². The van der Waals surface area contributed by atoms with E-state index in [1.165, 1.54) is 21.3 Å². The van der Waals surface area contributed by atoms with Crippen LogP contribution in [0.1, 0.15) is 25.9 Å². The van der Waals surface area contributed by atoms with Crippen LogP contribution in [0.4, 0.5) is 0 Å². The van der Waals surface area contributed by atoms with Crippen LogP contribution in [0.2, 0.25) is 0 Å². The van der Waals surface area contributed by atoms with Crippen molar-refractivity contribution in [3.05, 3.63) is 45.4 Å². The third kappa shape index (κ3) is 4.98. The van der Waals surface area contributed by atoms with Crippen molar-refractivity contribution in [2.24, 2.45) is 0 Å². The van der Waals surface area contributed by atoms with E-state index in [2.05, 4.69) is 16.8 Å². The lowest BCUT2D eigenvalue weighted by Gasteiger charge is -2.34. The summed E-state index contributed by atoms with van der Waals surface area (Å²) in [5.41, 5.74) is 1.61. The van der Waals surface area contributed by atoms with Gasteiger partial charge in [-0.25, -0.2) is 13.4 Å². The molecule has 0 radical (unpaired) electrons. The van der Waals surface area contributed by atoms with Crippen LogP contribution in [0.15, 0.2) is 29.2 Å². The highest BCUT2D eigenvalue weighted by Crippen LogP contribution is 2.21. The van der Waals surface area contributed by atoms with Gasteiger partial charge in [0.1, 0.15) is 5.01 Å². The van der Waals surface area contributed by atoms with E-state index in [1.807, 2.05) is 11.8 Å². The Morgan fingerprint density at radius 2 is 1.68 bits per heavy atom. The zero-order valence-electron chi connectivity index (χ0n) is 17.9. The lowest BCUT2D eigenvalue weighted by molar-refractivity contribution is 0.0628. The van der Waals surface area contributed by atoms with Crippen LogP contribution in [0, 0.1) is 13.8 Å². The average molecular weight is 465 g/mol. The van der Waals surface area contributed by atoms with Crippen molar-refractivity contribution in [1.29, 1.82) is 0 Å². The van der Waals surface area contributed by atoms with Gasteiger partial charge in [0.2, 0.25) is 10.0 Å². The average Bonchev–Trinajstić information content (AvgIpc) is 3.11. The van der Waals surface area contributed by atoms with Gasteiger partial charge in [0, 0.05) is 49.7 Å². The van der Waals surface area contributed by atoms with Crippen molar-refractivity contribution >= 4 is 27.3 Å². The molecule has 0 N–H and O–H groups in total. The second kappa shape index (κ2) is 9.33. The molecule has 2 saturated heterocycles. The number of aromatic nitrogens is 1. The fraction of sp³-hybridized carbons (Fsp3) is 0.524. The summed E-state index contributed by atoms with van der Waals surface area (Å²) in [6, 6.07) is 6.29. The number of aryl methyl sites for hydroxylation is 2. The summed E-state index contributed by atoms with van der Waals surface area (Å²) in [5, 5.41) is 1.12. The zero-order valence-corrected chi connectivity index (χ0v) is 19.5. The highest BCUT2D eigenvalue weighted by atomic mass is 32.2. The predicted molar refractivity (Wildman–Crippen MR) is 119 cm³/mol. The number of morpholine rings is 1. The van der Waals surface area contributed by atoms with E-state index >= 15 is 0 Å². The summed E-state index contributed by atoms with van der Waals surface area (Å²) in [4.78, 5) is 23.1. The van der Waals surface area contributed by atoms with E-state index < -0.39 is 10.0 Å². The maximum atomic E-state index is 12.9. The Morgan fingerprint density at radius 3 is 2.26 bits per heavy atom. The zero-order chi connectivity index (χ0) is 22.0. The Kier molecular flexibility index (Phi) is 6.73. The number of piperazine rings is 1. The third-order valence-electron chi connectivity index (χ3n) is 5.80. The molecule has 0 aliphatic carbocycles. The molecule has 1 aromatic heterocycles. The molecule has 2 aromatic rings. The van der Waals surface area contributed by atoms with Crippen LogP contribution >= 0.6 is 11.3 Å². The van der Waals surface area contributed by atoms with Crippen molar-refractivity contribution in [2.75, 3.05) is 52.5 Å². The lowest BCUT2D eigenvalue weighted by Crippen LogP contribution is -2.48. The highest BCUT2D eigenvalue weighted by Gasteiger charge is 2.27. The Bertz CT molecular complexity index is 1000. The number of hydrogen-bond donors (Lipinski definition) is 0. The van der Waals surface area contributed by atoms with Gasteiger partial charge in [0.15, 0.2) is 0 Å². The molecule has 168 valence electrons. The number of sulfonamides is 1. The molecule has 2 fully saturated rings. The first-order chi connectivity index (χ1) is 14.8. The fourth-order valence-electron chi connectivity index (χ4n) is 3.80. The first kappa shape index (κ1) is 22.3. The quantitative estimate of drug-likeness (QED) is 0.670. The normalized spacial score (nSPS) is 19.0. The molecule has 4 rings (SSSR count). The van der Waals surface area contributed by atoms with Gasteiger partial charge >= 0.3 is 0 Å². The van der Waals surface area contributed by atoms with Gasteiger partial charge in [-0.05, 0) is 38.1 Å². The van der Waals surface area contributed by atoms with E-state index in [9.17, 15) is 13.2 Å². The van der Waals surface area contributed by atoms with E-state index in [0.29, 0.717) is 45.0 Å². The number of carbonyl (C=O) groups is 1. The topological polar surface area (TPSA) is 83.1 Å². The molecule has 0 atom stereocenters. The van der Waals surface area contributed by atoms with Gasteiger partial charge in [0.05, 0.1) is 30.3 Å². The molecule has 1 amide bonds. The van der Waals surface area contributed by atoms with Crippen molar-refractivity contribution in [2.45, 2.75) is 25.3 Å². The molecule has 8 nitrogen and oxygen atoms in total. The monoisotopic (exact) mass is 464 g/mol. The van der Waals surface area contributed by atoms with Gasteiger partial charge in [-0.1, -0.05) is 0 Å². The summed E-state index contributed by atoms with van der Waals surface area (Å²) in [6.45, 7) is 9.35. The summed E-state index contributed by atoms with van der Waals surface area (Å²) < 4.78 is 32.1. The number of carbonyl (C=O) groups excluding carboxylic acids is 1. The van der Waals surface area contributed by atoms with Crippen LogP contribution in [-0.4, -0.2) is 85.9 Å². The maximum absolute atomic E-state index is 12.9. The number of amides is 1. The minimum atomic E-state index is -3.55. The Morgan fingerprint density at radius 1 is 1.03 bits per heavy atom. The number of nitrogens with zero attached hydrogens (tertiary/aromatic N) is 4. The van der Waals surface area contributed by atoms with Gasteiger partial charge in [-0.15, -0.1) is 11.3 Å². The van der Waals surface area contributed by atoms with E-state index in [4.69, 9.17) is 4.74 Å². The minimum absolute atomic E-state index is 0.0593. The van der Waals surface area contributed by atoms with E-state index in [1.54, 1.807) is 23.5 Å². The molecule has 0 saturated carbocycles. The van der Waals surface area contributed by atoms with Crippen molar-refractivity contribution in [1.82, 2.24) is 19.1 Å². The van der Waals surface area contributed by atoms with Gasteiger partial charge in [-0.3, -0.25) is 9.69 Å². The molecule has 2 aliphatic heterocycles. The second-order valence-corrected chi connectivity index (χ2v) is 11.1. The molecular weight excluding hydrogens is 436 g/mol. The first-order valence-electron chi connectivity index (χ1n) is 10.5. The Hall–Kier alpha value is -1.85. The molecule has 0 unspecified atom stereocenters. The Balaban J connectivity index is 1.34. The summed E-state index contributed by atoms with van der Waals surface area (Å²) >= 11 is 1.73. The second-order valence-electron chi connectivity index (χ2n) is 7.86. The largest absolute Gasteiger partial charge is 0.379 e. The van der Waals surface area contributed by atoms with Crippen LogP contribution in [0.25, 0.3) is 0 Å². The molecule has 0 bridgehead atoms. The van der Waals surface area contributed by atoms with Crippen LogP contribution in [-0.2, 0) is 21.3 Å². The molecule has 3 heterocycles. The summed E-state index contributed by atoms with van der Waals surface area (Å²) in [5.74, 6) is -0.0593. The van der Waals surface area contributed by atoms with Crippen molar-refractivity contribution < 1.29 is 17.9 Å². The summed E-state index contributed by atoms with van der Waals surface area (Å²) in [7, 11) is -3.55. The summed E-state index contributed by atoms with van der Waals surface area (Å²) in [6.07, 6.45) is 0. The fourth-order valence-corrected chi connectivity index (χ4v) is 6.18. The number of rotatable bonds is 5. The number of thiazole rings is 1. The SMILES string of the molecule is Cc1nc(CN2CCN(C(=O)c3ccc(S(=O)(=O)N4CCOCC4)cc3)CC2)sc1C. The highest BCUT2D eigenvalue weighted by molar-refractivity contribution is 7.89. The number of hydrogen-bond acceptors (Lipinski definition) is 7. The van der Waals surface area contributed by atoms with Crippen LogP contribution in [0.3, 0.4) is 0 Å². The lowest BCUT2D eigenvalue weighted by atomic mass is 10.2. The molecule has 31 heavy (non-hydrogen) atoms. The molecule has 1 aromatic carbocycles. The third-order valence-corrected chi connectivity index (χ3v) is 8.77. The molecule has 10 heteroatoms. The van der Waals surface area contributed by atoms with E-state index in [0.717, 1.165) is 30.3 Å². The van der Waals surface area contributed by atoms with Crippen LogP contribution in [0.5, 0.6) is 0 Å². The molecule has 2 aliphatic rings. The van der Waals surface area contributed by atoms with Crippen molar-refractivity contribution in [3.8, 4) is 0 Å². The molecular formula is C21H28N4O4S2. The maximum Gasteiger partial charge on any atom is 0.253 e. The van der Waals surface area contributed by atoms with Crippen LogP contribution < -0.4 is 0 Å². The van der Waals surface area contributed by atoms with E-state index in [-0.39, 0.29) is 10.8 Å². The van der Waals surface area contributed by atoms with Gasteiger partial charge in [0.25, 0.3) is 5.91 Å². The number of benzene rings is 1. The predicted octanol–water partition coefficient (Wildman–Crippen LogP) is 1.74. The Labute approximate surface area is 187 Å². The smallest absolute Gasteiger partial charge is 0.253 e. The first-order valence-corrected chi connectivity index (χ1v) is 12.7. The van der Waals surface area contributed by atoms with Gasteiger partial charge < -0.3 is 9.64 Å². The minimum Gasteiger partial charge on any atom is -0.379 e. The standard InChI is InChI=1S/C21H28N4O4S2/c1-16-17(2)30-20(22-16)15-23-7-9-24(10-8-23)21(26)18-3-5-19(6-4-18)31(27,28)25-11-13-29-14-12-25/h3-6H,7-15H2,1-2H3. The molecule has 0 spiro atoms.